The largest absolute Gasteiger partial charge is 0.299 e. The first kappa shape index (κ1) is 29.5. The molecule has 0 bridgehead atoms. The molecule has 2 saturated carbocycles. The standard InChI is InChI=1S/C38H55NO/c1-5-12-30(31-14-7-6-8-15-31)18-11-13-29-19-20-33(26(2)21-29)24-36-28(4)38-34(25-39-36)23-35(40)22-27(3)37(38)32-16-9-10-17-32/h19-21,25,27,30-32,37H,5-18,22-24H2,1-4H3. The van der Waals surface area contributed by atoms with Crippen LogP contribution >= 0.6 is 0 Å². The van der Waals surface area contributed by atoms with E-state index in [0.29, 0.717) is 24.0 Å². The van der Waals surface area contributed by atoms with Crippen molar-refractivity contribution in [3.8, 4) is 0 Å². The van der Waals surface area contributed by atoms with Crippen molar-refractivity contribution in [2.75, 3.05) is 0 Å². The maximum atomic E-state index is 12.8. The Hall–Kier alpha value is -1.96. The Labute approximate surface area is 245 Å². The van der Waals surface area contributed by atoms with E-state index in [9.17, 15) is 4.79 Å². The Morgan fingerprint density at radius 1 is 0.975 bits per heavy atom. The highest BCUT2D eigenvalue weighted by Gasteiger charge is 2.37. The van der Waals surface area contributed by atoms with Gasteiger partial charge >= 0.3 is 0 Å². The lowest BCUT2D eigenvalue weighted by Crippen LogP contribution is -2.20. The highest BCUT2D eigenvalue weighted by molar-refractivity contribution is 5.82. The molecule has 2 heteroatoms. The van der Waals surface area contributed by atoms with Crippen LogP contribution in [0.25, 0.3) is 0 Å². The van der Waals surface area contributed by atoms with Crippen molar-refractivity contribution in [3.05, 3.63) is 63.5 Å². The zero-order valence-corrected chi connectivity index (χ0v) is 26.1. The van der Waals surface area contributed by atoms with Gasteiger partial charge in [0.15, 0.2) is 0 Å². The van der Waals surface area contributed by atoms with Crippen molar-refractivity contribution in [2.24, 2.45) is 23.7 Å². The van der Waals surface area contributed by atoms with Crippen LogP contribution in [0.5, 0.6) is 0 Å². The zero-order chi connectivity index (χ0) is 28.1. The third-order valence-electron chi connectivity index (χ3n) is 11.1. The molecular formula is C38H55NO. The van der Waals surface area contributed by atoms with Gasteiger partial charge in [-0.1, -0.05) is 89.8 Å². The van der Waals surface area contributed by atoms with Crippen LogP contribution in [-0.4, -0.2) is 10.8 Å². The first-order valence-corrected chi connectivity index (χ1v) is 17.0. The molecule has 3 aliphatic carbocycles. The fourth-order valence-electron chi connectivity index (χ4n) is 9.03. The highest BCUT2D eigenvalue weighted by atomic mass is 16.1. The second-order valence-electron chi connectivity index (χ2n) is 14.0. The number of benzene rings is 1. The van der Waals surface area contributed by atoms with E-state index >= 15 is 0 Å². The molecule has 1 aromatic carbocycles. The SMILES string of the molecule is CCCC(CCCc1ccc(Cc2ncc3c(c2C)C(C2CCCC2)C(C)CC(=O)C3)c(C)c1)C1CCCCC1. The Balaban J connectivity index is 1.28. The van der Waals surface area contributed by atoms with Crippen LogP contribution in [0, 0.1) is 37.5 Å². The first-order chi connectivity index (χ1) is 19.4. The van der Waals surface area contributed by atoms with E-state index < -0.39 is 0 Å². The predicted octanol–water partition coefficient (Wildman–Crippen LogP) is 10.0. The van der Waals surface area contributed by atoms with Crippen molar-refractivity contribution in [1.29, 1.82) is 0 Å². The van der Waals surface area contributed by atoms with Gasteiger partial charge in [0.1, 0.15) is 5.78 Å². The van der Waals surface area contributed by atoms with Crippen LogP contribution in [0.15, 0.2) is 24.4 Å². The summed E-state index contributed by atoms with van der Waals surface area (Å²) in [5.74, 6) is 4.00. The quantitative estimate of drug-likeness (QED) is 0.280. The second-order valence-corrected chi connectivity index (χ2v) is 14.0. The summed E-state index contributed by atoms with van der Waals surface area (Å²) in [4.78, 5) is 17.8. The third kappa shape index (κ3) is 6.91. The van der Waals surface area contributed by atoms with E-state index in [1.54, 1.807) is 0 Å². The van der Waals surface area contributed by atoms with Gasteiger partial charge < -0.3 is 0 Å². The van der Waals surface area contributed by atoms with Crippen molar-refractivity contribution >= 4 is 5.78 Å². The summed E-state index contributed by atoms with van der Waals surface area (Å²) in [6.45, 7) is 9.29. The van der Waals surface area contributed by atoms with Crippen LogP contribution in [0.3, 0.4) is 0 Å². The lowest BCUT2D eigenvalue weighted by molar-refractivity contribution is -0.119. The number of rotatable bonds is 10. The van der Waals surface area contributed by atoms with Crippen LogP contribution in [0.2, 0.25) is 0 Å². The Kier molecular flexibility index (Phi) is 10.2. The number of ketones is 1. The smallest absolute Gasteiger partial charge is 0.137 e. The number of Topliss-reactive ketones (excluding diaryl/α,β-unsaturated/α-hetero) is 1. The molecular weight excluding hydrogens is 486 g/mol. The molecule has 1 aromatic heterocycles. The lowest BCUT2D eigenvalue weighted by Gasteiger charge is -2.31. The summed E-state index contributed by atoms with van der Waals surface area (Å²) in [6.07, 6.45) is 23.6. The van der Waals surface area contributed by atoms with Crippen molar-refractivity contribution in [2.45, 2.75) is 143 Å². The van der Waals surface area contributed by atoms with E-state index in [2.05, 4.69) is 52.1 Å². The van der Waals surface area contributed by atoms with Gasteiger partial charge in [-0.05, 0) is 109 Å². The molecule has 3 aliphatic rings. The molecule has 218 valence electrons. The molecule has 0 N–H and O–H groups in total. The Bertz CT molecular complexity index is 1140. The molecule has 1 heterocycles. The number of nitrogens with zero attached hydrogens (tertiary/aromatic N) is 1. The van der Waals surface area contributed by atoms with E-state index in [4.69, 9.17) is 4.98 Å². The molecule has 0 amide bonds. The summed E-state index contributed by atoms with van der Waals surface area (Å²) in [7, 11) is 0. The van der Waals surface area contributed by atoms with Gasteiger partial charge in [-0.15, -0.1) is 0 Å². The number of pyridine rings is 1. The number of carbonyl (C=O) groups is 1. The minimum atomic E-state index is 0.398. The molecule has 0 saturated heterocycles. The molecule has 3 unspecified atom stereocenters. The molecule has 2 nitrogen and oxygen atoms in total. The van der Waals surface area contributed by atoms with Gasteiger partial charge in [-0.3, -0.25) is 9.78 Å². The topological polar surface area (TPSA) is 30.0 Å². The van der Waals surface area contributed by atoms with Crippen LogP contribution in [0.4, 0.5) is 0 Å². The highest BCUT2D eigenvalue weighted by Crippen LogP contribution is 2.47. The van der Waals surface area contributed by atoms with Gasteiger partial charge in [0.2, 0.25) is 0 Å². The number of aryl methyl sites for hydroxylation is 2. The van der Waals surface area contributed by atoms with E-state index in [-0.39, 0.29) is 0 Å². The third-order valence-corrected chi connectivity index (χ3v) is 11.1. The molecule has 2 fully saturated rings. The minimum absolute atomic E-state index is 0.398. The monoisotopic (exact) mass is 541 g/mol. The molecule has 2 aromatic rings. The maximum Gasteiger partial charge on any atom is 0.137 e. The van der Waals surface area contributed by atoms with Crippen LogP contribution in [-0.2, 0) is 24.1 Å². The van der Waals surface area contributed by atoms with Gasteiger partial charge in [-0.25, -0.2) is 0 Å². The maximum absolute atomic E-state index is 12.8. The van der Waals surface area contributed by atoms with Crippen LogP contribution < -0.4 is 0 Å². The molecule has 5 rings (SSSR count). The molecule has 0 spiro atoms. The fourth-order valence-corrected chi connectivity index (χ4v) is 9.03. The molecule has 3 atom stereocenters. The molecule has 40 heavy (non-hydrogen) atoms. The van der Waals surface area contributed by atoms with E-state index in [1.165, 1.54) is 129 Å². The van der Waals surface area contributed by atoms with Gasteiger partial charge in [0.05, 0.1) is 0 Å². The Morgan fingerprint density at radius 3 is 2.45 bits per heavy atom. The average molecular weight is 542 g/mol. The Morgan fingerprint density at radius 2 is 1.73 bits per heavy atom. The molecule has 0 radical (unpaired) electrons. The van der Waals surface area contributed by atoms with Gasteiger partial charge in [-0.2, -0.15) is 0 Å². The second kappa shape index (κ2) is 13.8. The predicted molar refractivity (Wildman–Crippen MR) is 168 cm³/mol. The van der Waals surface area contributed by atoms with Crippen molar-refractivity contribution in [3.63, 3.8) is 0 Å². The summed E-state index contributed by atoms with van der Waals surface area (Å²) in [5, 5.41) is 0. The molecule has 0 aliphatic heterocycles. The zero-order valence-electron chi connectivity index (χ0n) is 26.1. The number of hydrogen-bond acceptors (Lipinski definition) is 2. The number of fused-ring (bicyclic) bond motifs is 1. The van der Waals surface area contributed by atoms with E-state index in [0.717, 1.165) is 30.6 Å². The van der Waals surface area contributed by atoms with Crippen LogP contribution in [0.1, 0.15) is 149 Å². The summed E-state index contributed by atoms with van der Waals surface area (Å²) in [5.41, 5.74) is 9.60. The first-order valence-electron chi connectivity index (χ1n) is 17.0. The normalized spacial score (nSPS) is 23.2. The summed E-state index contributed by atoms with van der Waals surface area (Å²) >= 11 is 0. The average Bonchev–Trinajstić information content (AvgIpc) is 3.43. The lowest BCUT2D eigenvalue weighted by atomic mass is 9.74. The summed E-state index contributed by atoms with van der Waals surface area (Å²) < 4.78 is 0. The van der Waals surface area contributed by atoms with Crippen molar-refractivity contribution < 1.29 is 4.79 Å². The minimum Gasteiger partial charge on any atom is -0.299 e. The fraction of sp³-hybridized carbons (Fsp3) is 0.684. The number of hydrogen-bond donors (Lipinski definition) is 0. The number of aromatic nitrogens is 1. The van der Waals surface area contributed by atoms with Crippen molar-refractivity contribution in [1.82, 2.24) is 4.98 Å². The van der Waals surface area contributed by atoms with Gasteiger partial charge in [0.25, 0.3) is 0 Å². The van der Waals surface area contributed by atoms with Gasteiger partial charge in [0, 0.05) is 31.2 Å². The number of carbonyl (C=O) groups excluding carboxylic acids is 1. The van der Waals surface area contributed by atoms with E-state index in [1.807, 2.05) is 0 Å². The summed E-state index contributed by atoms with van der Waals surface area (Å²) in [6, 6.07) is 7.22.